The van der Waals surface area contributed by atoms with Crippen molar-refractivity contribution in [3.63, 3.8) is 0 Å². The second-order valence-corrected chi connectivity index (χ2v) is 4.22. The van der Waals surface area contributed by atoms with Gasteiger partial charge in [-0.05, 0) is 25.1 Å². The smallest absolute Gasteiger partial charge is 0.435 e. The molecule has 0 aliphatic rings. The van der Waals surface area contributed by atoms with Crippen LogP contribution >= 0.6 is 11.6 Å². The quantitative estimate of drug-likeness (QED) is 0.468. The molecule has 20 heavy (non-hydrogen) atoms. The summed E-state index contributed by atoms with van der Waals surface area (Å²) in [6, 6.07) is 2.25. The first-order chi connectivity index (χ1) is 9.10. The van der Waals surface area contributed by atoms with Crippen molar-refractivity contribution in [3.05, 3.63) is 23.8 Å². The molecule has 0 N–H and O–H groups in total. The standard InChI is InChI=1S/C11H8ClF5O3/c1-5(12)9(18)7-4-6(19-10(13)14)2-3-8(7)20-11(15,16)17/h2-5,10H,1H3. The van der Waals surface area contributed by atoms with Gasteiger partial charge >= 0.3 is 13.0 Å². The Kier molecular flexibility index (Phi) is 5.15. The zero-order valence-electron chi connectivity index (χ0n) is 9.88. The van der Waals surface area contributed by atoms with Gasteiger partial charge in [-0.25, -0.2) is 0 Å². The van der Waals surface area contributed by atoms with Crippen molar-refractivity contribution in [2.45, 2.75) is 25.3 Å². The maximum atomic E-state index is 12.2. The lowest BCUT2D eigenvalue weighted by Gasteiger charge is -2.14. The highest BCUT2D eigenvalue weighted by molar-refractivity contribution is 6.34. The number of halogens is 6. The predicted octanol–water partition coefficient (Wildman–Crippen LogP) is 4.00. The van der Waals surface area contributed by atoms with Gasteiger partial charge in [0.2, 0.25) is 0 Å². The molecule has 1 unspecified atom stereocenters. The Morgan fingerprint density at radius 1 is 1.30 bits per heavy atom. The molecule has 0 saturated carbocycles. The molecule has 0 fully saturated rings. The van der Waals surface area contributed by atoms with Crippen LogP contribution in [0, 0.1) is 0 Å². The molecule has 0 radical (unpaired) electrons. The average molecular weight is 319 g/mol. The van der Waals surface area contributed by atoms with Crippen LogP contribution in [-0.2, 0) is 0 Å². The molecule has 0 bridgehead atoms. The van der Waals surface area contributed by atoms with Crippen LogP contribution in [0.2, 0.25) is 0 Å². The number of ketones is 1. The molecule has 0 aliphatic heterocycles. The van der Waals surface area contributed by atoms with Crippen molar-refractivity contribution in [3.8, 4) is 11.5 Å². The Bertz CT molecular complexity index is 487. The number of benzene rings is 1. The summed E-state index contributed by atoms with van der Waals surface area (Å²) in [5, 5.41) is -1.16. The lowest BCUT2D eigenvalue weighted by atomic mass is 10.1. The first-order valence-corrected chi connectivity index (χ1v) is 5.56. The molecule has 1 aromatic carbocycles. The van der Waals surface area contributed by atoms with E-state index in [1.165, 1.54) is 6.92 Å². The summed E-state index contributed by atoms with van der Waals surface area (Å²) >= 11 is 5.49. The third kappa shape index (κ3) is 4.84. The summed E-state index contributed by atoms with van der Waals surface area (Å²) in [6.45, 7) is -1.96. The fourth-order valence-electron chi connectivity index (χ4n) is 1.31. The lowest BCUT2D eigenvalue weighted by molar-refractivity contribution is -0.274. The Morgan fingerprint density at radius 3 is 2.35 bits per heavy atom. The maximum Gasteiger partial charge on any atom is 0.573 e. The first kappa shape index (κ1) is 16.5. The maximum absolute atomic E-state index is 12.2. The molecule has 0 aromatic heterocycles. The molecular weight excluding hydrogens is 311 g/mol. The molecule has 1 aromatic rings. The molecule has 112 valence electrons. The molecule has 0 spiro atoms. The summed E-state index contributed by atoms with van der Waals surface area (Å²) in [5.41, 5.74) is -0.594. The minimum Gasteiger partial charge on any atom is -0.435 e. The summed E-state index contributed by atoms with van der Waals surface area (Å²) in [4.78, 5) is 11.7. The fourth-order valence-corrected chi connectivity index (χ4v) is 1.42. The Morgan fingerprint density at radius 2 is 1.90 bits per heavy atom. The van der Waals surface area contributed by atoms with Crippen LogP contribution in [0.25, 0.3) is 0 Å². The molecule has 1 atom stereocenters. The molecule has 0 aliphatic carbocycles. The number of carbonyl (C=O) groups excluding carboxylic acids is 1. The van der Waals surface area contributed by atoms with Gasteiger partial charge in [-0.1, -0.05) is 0 Å². The summed E-state index contributed by atoms with van der Waals surface area (Å²) < 4.78 is 68.3. The number of Topliss-reactive ketones (excluding diaryl/α,β-unsaturated/α-hetero) is 1. The van der Waals surface area contributed by atoms with Crippen LogP contribution in [0.4, 0.5) is 22.0 Å². The topological polar surface area (TPSA) is 35.5 Å². The van der Waals surface area contributed by atoms with Crippen LogP contribution in [0.15, 0.2) is 18.2 Å². The van der Waals surface area contributed by atoms with E-state index in [4.69, 9.17) is 11.6 Å². The summed E-state index contributed by atoms with van der Waals surface area (Å²) in [5.74, 6) is -2.22. The number of rotatable bonds is 5. The molecular formula is C11H8ClF5O3. The molecule has 0 heterocycles. The average Bonchev–Trinajstić information content (AvgIpc) is 2.27. The van der Waals surface area contributed by atoms with E-state index >= 15 is 0 Å². The third-order valence-electron chi connectivity index (χ3n) is 2.03. The van der Waals surface area contributed by atoms with Gasteiger partial charge in [0.05, 0.1) is 10.9 Å². The van der Waals surface area contributed by atoms with E-state index in [1.807, 2.05) is 0 Å². The fraction of sp³-hybridized carbons (Fsp3) is 0.364. The highest BCUT2D eigenvalue weighted by atomic mass is 35.5. The zero-order valence-corrected chi connectivity index (χ0v) is 10.6. The Hall–Kier alpha value is -1.57. The van der Waals surface area contributed by atoms with Crippen LogP contribution in [0.5, 0.6) is 11.5 Å². The van der Waals surface area contributed by atoms with E-state index in [1.54, 1.807) is 0 Å². The van der Waals surface area contributed by atoms with E-state index < -0.39 is 41.2 Å². The highest BCUT2D eigenvalue weighted by Gasteiger charge is 2.33. The molecule has 3 nitrogen and oxygen atoms in total. The van der Waals surface area contributed by atoms with Crippen molar-refractivity contribution in [2.75, 3.05) is 0 Å². The lowest BCUT2D eigenvalue weighted by Crippen LogP contribution is -2.20. The van der Waals surface area contributed by atoms with Crippen LogP contribution in [0.3, 0.4) is 0 Å². The van der Waals surface area contributed by atoms with Gasteiger partial charge in [0.25, 0.3) is 0 Å². The van der Waals surface area contributed by atoms with Gasteiger partial charge in [0, 0.05) is 0 Å². The zero-order chi connectivity index (χ0) is 15.5. The Balaban J connectivity index is 3.19. The van der Waals surface area contributed by atoms with Crippen LogP contribution in [0.1, 0.15) is 17.3 Å². The highest BCUT2D eigenvalue weighted by Crippen LogP contribution is 2.31. The van der Waals surface area contributed by atoms with E-state index in [0.29, 0.717) is 12.1 Å². The van der Waals surface area contributed by atoms with Crippen LogP contribution < -0.4 is 9.47 Å². The monoisotopic (exact) mass is 318 g/mol. The molecule has 1 rings (SSSR count). The number of hydrogen-bond acceptors (Lipinski definition) is 3. The first-order valence-electron chi connectivity index (χ1n) is 5.13. The third-order valence-corrected chi connectivity index (χ3v) is 2.23. The van der Waals surface area contributed by atoms with Gasteiger partial charge in [-0.2, -0.15) is 8.78 Å². The van der Waals surface area contributed by atoms with E-state index in [0.717, 1.165) is 6.07 Å². The summed E-state index contributed by atoms with van der Waals surface area (Å²) in [7, 11) is 0. The number of hydrogen-bond donors (Lipinski definition) is 0. The van der Waals surface area contributed by atoms with Gasteiger partial charge in [-0.3, -0.25) is 4.79 Å². The van der Waals surface area contributed by atoms with Gasteiger partial charge < -0.3 is 9.47 Å². The van der Waals surface area contributed by atoms with E-state index in [9.17, 15) is 26.7 Å². The number of carbonyl (C=O) groups is 1. The second kappa shape index (κ2) is 6.25. The number of alkyl halides is 6. The SMILES string of the molecule is CC(Cl)C(=O)c1cc(OC(F)F)ccc1OC(F)(F)F. The van der Waals surface area contributed by atoms with Crippen molar-refractivity contribution < 1.29 is 36.2 Å². The minimum atomic E-state index is -5.03. The second-order valence-electron chi connectivity index (χ2n) is 3.56. The predicted molar refractivity (Wildman–Crippen MR) is 59.4 cm³/mol. The largest absolute Gasteiger partial charge is 0.573 e. The van der Waals surface area contributed by atoms with Gasteiger partial charge in [0.15, 0.2) is 5.78 Å². The van der Waals surface area contributed by atoms with Gasteiger partial charge in [-0.15, -0.1) is 24.8 Å². The van der Waals surface area contributed by atoms with Crippen molar-refractivity contribution in [1.82, 2.24) is 0 Å². The van der Waals surface area contributed by atoms with Crippen molar-refractivity contribution >= 4 is 17.4 Å². The minimum absolute atomic E-state index is 0.477. The molecule has 0 amide bonds. The van der Waals surface area contributed by atoms with E-state index in [-0.39, 0.29) is 0 Å². The van der Waals surface area contributed by atoms with Crippen molar-refractivity contribution in [1.29, 1.82) is 0 Å². The summed E-state index contributed by atoms with van der Waals surface area (Å²) in [6.07, 6.45) is -5.03. The normalized spacial score (nSPS) is 13.2. The van der Waals surface area contributed by atoms with Crippen LogP contribution in [-0.4, -0.2) is 24.1 Å². The molecule has 0 saturated heterocycles. The van der Waals surface area contributed by atoms with Gasteiger partial charge in [0.1, 0.15) is 11.5 Å². The molecule has 9 heteroatoms. The van der Waals surface area contributed by atoms with Crippen molar-refractivity contribution in [2.24, 2.45) is 0 Å². The van der Waals surface area contributed by atoms with E-state index in [2.05, 4.69) is 9.47 Å². The Labute approximate surface area is 115 Å². The number of ether oxygens (including phenoxy) is 2.